The molecule has 1 atom stereocenters. The summed E-state index contributed by atoms with van der Waals surface area (Å²) in [7, 11) is -2.74. The summed E-state index contributed by atoms with van der Waals surface area (Å²) in [6.07, 6.45) is 0.518. The van der Waals surface area contributed by atoms with Gasteiger partial charge in [0.15, 0.2) is 0 Å². The van der Waals surface area contributed by atoms with Crippen LogP contribution < -0.4 is 15.8 Å². The molecule has 0 aliphatic heterocycles. The maximum absolute atomic E-state index is 12.1. The number of hydrogen-bond acceptors (Lipinski definition) is 6. The van der Waals surface area contributed by atoms with Gasteiger partial charge in [-0.15, -0.1) is 0 Å². The Labute approximate surface area is 141 Å². The van der Waals surface area contributed by atoms with E-state index in [1.165, 1.54) is 18.2 Å². The maximum atomic E-state index is 12.1. The van der Waals surface area contributed by atoms with Crippen molar-refractivity contribution in [2.75, 3.05) is 19.0 Å². The Balaban J connectivity index is 2.83. The van der Waals surface area contributed by atoms with Crippen molar-refractivity contribution < 1.29 is 22.7 Å². The summed E-state index contributed by atoms with van der Waals surface area (Å²) >= 11 is 0. The lowest BCUT2D eigenvalue weighted by atomic mass is 10.0. The van der Waals surface area contributed by atoms with Crippen LogP contribution in [0.25, 0.3) is 0 Å². The molecule has 9 heteroatoms. The monoisotopic (exact) mass is 357 g/mol. The van der Waals surface area contributed by atoms with Gasteiger partial charge in [-0.2, -0.15) is 4.72 Å². The Morgan fingerprint density at radius 2 is 1.96 bits per heavy atom. The second-order valence-corrected chi connectivity index (χ2v) is 7.42. The minimum absolute atomic E-state index is 0.0818. The number of benzene rings is 1. The van der Waals surface area contributed by atoms with E-state index in [1.807, 2.05) is 13.8 Å². The van der Waals surface area contributed by atoms with Gasteiger partial charge in [-0.1, -0.05) is 19.9 Å². The van der Waals surface area contributed by atoms with Crippen molar-refractivity contribution in [1.82, 2.24) is 4.72 Å². The van der Waals surface area contributed by atoms with Crippen LogP contribution in [0.5, 0.6) is 0 Å². The molecule has 1 aromatic carbocycles. The van der Waals surface area contributed by atoms with Gasteiger partial charge in [0.1, 0.15) is 6.54 Å². The number of nitrogens with one attached hydrogen (secondary N) is 2. The Bertz CT molecular complexity index is 688. The number of nitrogens with two attached hydrogens (primary N) is 1. The van der Waals surface area contributed by atoms with Gasteiger partial charge in [0.25, 0.3) is 0 Å². The minimum atomic E-state index is -3.90. The van der Waals surface area contributed by atoms with Crippen LogP contribution in [0.4, 0.5) is 5.69 Å². The number of anilines is 1. The fourth-order valence-electron chi connectivity index (χ4n) is 1.90. The number of carbonyl (C=O) groups is 2. The molecule has 1 amide bonds. The number of methoxy groups -OCH3 is 1. The molecule has 0 spiro atoms. The molecule has 1 aromatic rings. The lowest BCUT2D eigenvalue weighted by molar-refractivity contribution is -0.139. The van der Waals surface area contributed by atoms with Crippen LogP contribution in [-0.2, 0) is 24.3 Å². The summed E-state index contributed by atoms with van der Waals surface area (Å²) in [5.41, 5.74) is 6.10. The molecule has 4 N–H and O–H groups in total. The molecular formula is C15H23N3O5S. The highest BCUT2D eigenvalue weighted by molar-refractivity contribution is 7.89. The predicted molar refractivity (Wildman–Crippen MR) is 89.7 cm³/mol. The van der Waals surface area contributed by atoms with Crippen molar-refractivity contribution in [3.05, 3.63) is 24.3 Å². The number of esters is 1. The highest BCUT2D eigenvalue weighted by atomic mass is 32.2. The number of hydrogen-bond donors (Lipinski definition) is 3. The molecule has 0 unspecified atom stereocenters. The first-order valence-electron chi connectivity index (χ1n) is 7.38. The third-order valence-electron chi connectivity index (χ3n) is 3.11. The molecule has 0 aliphatic carbocycles. The van der Waals surface area contributed by atoms with Crippen LogP contribution in [0.3, 0.4) is 0 Å². The predicted octanol–water partition coefficient (Wildman–Crippen LogP) is 0.450. The van der Waals surface area contributed by atoms with Crippen molar-refractivity contribution in [1.29, 1.82) is 0 Å². The van der Waals surface area contributed by atoms with Crippen molar-refractivity contribution in [2.24, 2.45) is 11.7 Å². The van der Waals surface area contributed by atoms with E-state index in [1.54, 1.807) is 6.07 Å². The fourth-order valence-corrected chi connectivity index (χ4v) is 2.91. The Morgan fingerprint density at radius 1 is 1.29 bits per heavy atom. The van der Waals surface area contributed by atoms with E-state index in [0.29, 0.717) is 12.1 Å². The van der Waals surface area contributed by atoms with Gasteiger partial charge in [-0.05, 0) is 30.5 Å². The van der Waals surface area contributed by atoms with E-state index in [2.05, 4.69) is 14.8 Å². The van der Waals surface area contributed by atoms with Crippen LogP contribution >= 0.6 is 0 Å². The van der Waals surface area contributed by atoms with Crippen LogP contribution in [0.1, 0.15) is 20.3 Å². The molecule has 0 radical (unpaired) electrons. The number of rotatable bonds is 8. The minimum Gasteiger partial charge on any atom is -0.468 e. The summed E-state index contributed by atoms with van der Waals surface area (Å²) in [6.45, 7) is 3.43. The molecule has 0 aliphatic rings. The first-order chi connectivity index (χ1) is 11.2. The summed E-state index contributed by atoms with van der Waals surface area (Å²) in [4.78, 5) is 23.0. The average molecular weight is 357 g/mol. The van der Waals surface area contributed by atoms with Gasteiger partial charge in [-0.3, -0.25) is 9.59 Å². The molecule has 0 saturated carbocycles. The Hall–Kier alpha value is -1.97. The standard InChI is InChI=1S/C15H23N3O5S/c1-10(2)7-13(16)15(20)18-11-5-4-6-12(8-11)24(21,22)17-9-14(19)23-3/h4-6,8,10,13,17H,7,9,16H2,1-3H3,(H,18,20)/t13-/m0/s1. The van der Waals surface area contributed by atoms with Crippen molar-refractivity contribution >= 4 is 27.6 Å². The summed E-state index contributed by atoms with van der Waals surface area (Å²) < 4.78 is 30.7. The first-order valence-corrected chi connectivity index (χ1v) is 8.87. The van der Waals surface area contributed by atoms with Crippen LogP contribution in [-0.4, -0.2) is 40.0 Å². The van der Waals surface area contributed by atoms with Crippen molar-refractivity contribution in [2.45, 2.75) is 31.2 Å². The zero-order valence-electron chi connectivity index (χ0n) is 13.9. The zero-order valence-corrected chi connectivity index (χ0v) is 14.7. The summed E-state index contributed by atoms with van der Waals surface area (Å²) in [5, 5.41) is 2.59. The molecule has 0 bridgehead atoms. The molecule has 0 aromatic heterocycles. The normalized spacial score (nSPS) is 12.7. The largest absolute Gasteiger partial charge is 0.468 e. The molecule has 0 heterocycles. The maximum Gasteiger partial charge on any atom is 0.320 e. The van der Waals surface area contributed by atoms with Gasteiger partial charge in [-0.25, -0.2) is 8.42 Å². The molecule has 24 heavy (non-hydrogen) atoms. The van der Waals surface area contributed by atoms with Crippen molar-refractivity contribution in [3.8, 4) is 0 Å². The molecule has 8 nitrogen and oxygen atoms in total. The number of sulfonamides is 1. The van der Waals surface area contributed by atoms with Gasteiger partial charge in [0, 0.05) is 5.69 Å². The summed E-state index contributed by atoms with van der Waals surface area (Å²) in [5.74, 6) is -0.830. The highest BCUT2D eigenvalue weighted by Crippen LogP contribution is 2.16. The molecular weight excluding hydrogens is 334 g/mol. The van der Waals surface area contributed by atoms with Gasteiger partial charge < -0.3 is 15.8 Å². The molecule has 0 saturated heterocycles. The average Bonchev–Trinajstić information content (AvgIpc) is 2.52. The SMILES string of the molecule is COC(=O)CNS(=O)(=O)c1cccc(NC(=O)[C@@H](N)CC(C)C)c1. The Morgan fingerprint density at radius 3 is 2.54 bits per heavy atom. The quantitative estimate of drug-likeness (QED) is 0.580. The van der Waals surface area contributed by atoms with E-state index in [4.69, 9.17) is 5.73 Å². The third-order valence-corrected chi connectivity index (χ3v) is 4.51. The number of amides is 1. The van der Waals surface area contributed by atoms with E-state index in [0.717, 1.165) is 7.11 Å². The van der Waals surface area contributed by atoms with Crippen LogP contribution in [0.15, 0.2) is 29.2 Å². The van der Waals surface area contributed by atoms with Crippen molar-refractivity contribution in [3.63, 3.8) is 0 Å². The third kappa shape index (κ3) is 6.26. The highest BCUT2D eigenvalue weighted by Gasteiger charge is 2.18. The smallest absolute Gasteiger partial charge is 0.320 e. The second-order valence-electron chi connectivity index (χ2n) is 5.65. The number of ether oxygens (including phenoxy) is 1. The topological polar surface area (TPSA) is 128 Å². The van der Waals surface area contributed by atoms with E-state index >= 15 is 0 Å². The van der Waals surface area contributed by atoms with Gasteiger partial charge in [0.2, 0.25) is 15.9 Å². The fraction of sp³-hybridized carbons (Fsp3) is 0.467. The molecule has 1 rings (SSSR count). The molecule has 134 valence electrons. The van der Waals surface area contributed by atoms with Crippen LogP contribution in [0, 0.1) is 5.92 Å². The first kappa shape index (κ1) is 20.1. The van der Waals surface area contributed by atoms with Gasteiger partial charge >= 0.3 is 5.97 Å². The number of carbonyl (C=O) groups excluding carboxylic acids is 2. The zero-order chi connectivity index (χ0) is 18.3. The van der Waals surface area contributed by atoms with E-state index in [-0.39, 0.29) is 16.7 Å². The van der Waals surface area contributed by atoms with E-state index < -0.39 is 28.6 Å². The lowest BCUT2D eigenvalue weighted by Crippen LogP contribution is -2.36. The second kappa shape index (κ2) is 8.76. The van der Waals surface area contributed by atoms with Crippen LogP contribution in [0.2, 0.25) is 0 Å². The van der Waals surface area contributed by atoms with E-state index in [9.17, 15) is 18.0 Å². The Kier molecular flexibility index (Phi) is 7.33. The summed E-state index contributed by atoms with van der Waals surface area (Å²) in [6, 6.07) is 5.00. The lowest BCUT2D eigenvalue weighted by Gasteiger charge is -2.14. The molecule has 0 fully saturated rings. The van der Waals surface area contributed by atoms with Gasteiger partial charge in [0.05, 0.1) is 18.0 Å².